The van der Waals surface area contributed by atoms with Gasteiger partial charge in [-0.1, -0.05) is 133 Å². The number of hydrogen-bond acceptors (Lipinski definition) is 2. The minimum Gasteiger partial charge on any atom is -0.135 e. The van der Waals surface area contributed by atoms with Gasteiger partial charge in [-0.25, -0.2) is 0 Å². The molecule has 0 nitrogen and oxygen atoms in total. The number of rotatable bonds is 3. The van der Waals surface area contributed by atoms with E-state index in [9.17, 15) is 0 Å². The SMILES string of the molecule is c1cc(-c2ccc3sc4c(ccc5sc6ccccc6c54)c3c2)cc(-c2c3ccccc3c(-c3ccc4ccccc4c3)c3ccccc23)c1. The molecule has 0 aliphatic rings. The summed E-state index contributed by atoms with van der Waals surface area (Å²) in [6, 6.07) is 63.1. The highest BCUT2D eigenvalue weighted by atomic mass is 32.1. The summed E-state index contributed by atoms with van der Waals surface area (Å²) in [6.45, 7) is 0. The molecule has 0 saturated heterocycles. The van der Waals surface area contributed by atoms with E-state index in [0.717, 1.165) is 0 Å². The predicted molar refractivity (Wildman–Crippen MR) is 221 cm³/mol. The second-order valence-electron chi connectivity index (χ2n) is 13.2. The van der Waals surface area contributed by atoms with Crippen molar-refractivity contribution in [3.05, 3.63) is 170 Å². The van der Waals surface area contributed by atoms with E-state index in [4.69, 9.17) is 0 Å². The lowest BCUT2D eigenvalue weighted by molar-refractivity contribution is 1.63. The molecule has 0 fully saturated rings. The number of benzene rings is 9. The van der Waals surface area contributed by atoms with Crippen LogP contribution in [-0.4, -0.2) is 0 Å². The van der Waals surface area contributed by atoms with Crippen LogP contribution in [0.3, 0.4) is 0 Å². The Kier molecular flexibility index (Phi) is 6.09. The van der Waals surface area contributed by atoms with Gasteiger partial charge in [-0.3, -0.25) is 0 Å². The zero-order valence-corrected chi connectivity index (χ0v) is 28.6. The zero-order chi connectivity index (χ0) is 32.8. The van der Waals surface area contributed by atoms with Gasteiger partial charge in [0.05, 0.1) is 0 Å². The van der Waals surface area contributed by atoms with Gasteiger partial charge in [0.25, 0.3) is 0 Å². The van der Waals surface area contributed by atoms with Crippen molar-refractivity contribution in [2.24, 2.45) is 0 Å². The van der Waals surface area contributed by atoms with E-state index in [0.29, 0.717) is 0 Å². The van der Waals surface area contributed by atoms with Crippen molar-refractivity contribution in [2.45, 2.75) is 0 Å². The van der Waals surface area contributed by atoms with Gasteiger partial charge in [0.1, 0.15) is 0 Å². The molecular weight excluding hydrogens is 641 g/mol. The number of hydrogen-bond donors (Lipinski definition) is 0. The Labute approximate surface area is 297 Å². The van der Waals surface area contributed by atoms with Crippen molar-refractivity contribution in [1.82, 2.24) is 0 Å². The van der Waals surface area contributed by atoms with Gasteiger partial charge in [0.2, 0.25) is 0 Å². The average Bonchev–Trinajstić information content (AvgIpc) is 3.75. The van der Waals surface area contributed by atoms with Crippen molar-refractivity contribution in [1.29, 1.82) is 0 Å². The maximum atomic E-state index is 2.41. The molecule has 0 atom stereocenters. The quantitative estimate of drug-likeness (QED) is 0.164. The summed E-state index contributed by atoms with van der Waals surface area (Å²) in [7, 11) is 0. The van der Waals surface area contributed by atoms with Crippen LogP contribution in [0.1, 0.15) is 0 Å². The predicted octanol–water partition coefficient (Wildman–Crippen LogP) is 14.9. The fourth-order valence-electron chi connectivity index (χ4n) is 8.17. The van der Waals surface area contributed by atoms with Crippen LogP contribution in [-0.2, 0) is 0 Å². The van der Waals surface area contributed by atoms with Crippen LogP contribution in [0.5, 0.6) is 0 Å². The fourth-order valence-corrected chi connectivity index (χ4v) is 10.6. The second kappa shape index (κ2) is 10.9. The Morgan fingerprint density at radius 3 is 1.60 bits per heavy atom. The molecule has 0 saturated carbocycles. The summed E-state index contributed by atoms with van der Waals surface area (Å²) in [5.74, 6) is 0. The standard InChI is InChI=1S/C48H28S2/c1-2-11-30-26-34(21-20-29(30)10-1)46-37-16-5-3-14-35(37)45(36-15-4-6-17-38(36)46)33-13-9-12-31(27-33)32-22-24-43-41(28-32)39-23-25-44-47(48(39)50-43)40-18-7-8-19-42(40)49-44/h1-28H. The normalized spacial score (nSPS) is 12.0. The molecule has 11 aromatic rings. The molecule has 0 aliphatic carbocycles. The molecule has 0 N–H and O–H groups in total. The van der Waals surface area contributed by atoms with Gasteiger partial charge in [-0.2, -0.15) is 0 Å². The molecule has 0 spiro atoms. The molecule has 11 rings (SSSR count). The molecule has 50 heavy (non-hydrogen) atoms. The molecule has 2 aromatic heterocycles. The first-order valence-electron chi connectivity index (χ1n) is 17.1. The summed E-state index contributed by atoms with van der Waals surface area (Å²) in [4.78, 5) is 0. The zero-order valence-electron chi connectivity index (χ0n) is 27.0. The van der Waals surface area contributed by atoms with Crippen molar-refractivity contribution >= 4 is 95.3 Å². The van der Waals surface area contributed by atoms with Crippen LogP contribution in [0.2, 0.25) is 0 Å². The molecule has 0 amide bonds. The molecular formula is C48H28S2. The third-order valence-corrected chi connectivity index (χ3v) is 12.8. The average molecular weight is 669 g/mol. The Hall–Kier alpha value is -5.80. The number of thiophene rings is 2. The first-order chi connectivity index (χ1) is 24.8. The lowest BCUT2D eigenvalue weighted by Gasteiger charge is -2.18. The van der Waals surface area contributed by atoms with E-state index in [-0.39, 0.29) is 0 Å². The molecule has 0 unspecified atom stereocenters. The minimum absolute atomic E-state index is 1.23. The van der Waals surface area contributed by atoms with Crippen LogP contribution < -0.4 is 0 Å². The first-order valence-corrected chi connectivity index (χ1v) is 18.7. The van der Waals surface area contributed by atoms with E-state index in [2.05, 4.69) is 170 Å². The molecule has 9 aromatic carbocycles. The summed E-state index contributed by atoms with van der Waals surface area (Å²) in [5, 5.41) is 13.1. The lowest BCUT2D eigenvalue weighted by atomic mass is 9.85. The summed E-state index contributed by atoms with van der Waals surface area (Å²) in [6.07, 6.45) is 0. The first kappa shape index (κ1) is 28.1. The molecule has 0 radical (unpaired) electrons. The van der Waals surface area contributed by atoms with Crippen LogP contribution in [0, 0.1) is 0 Å². The van der Waals surface area contributed by atoms with Crippen LogP contribution in [0.15, 0.2) is 170 Å². The third kappa shape index (κ3) is 4.16. The highest BCUT2D eigenvalue weighted by Crippen LogP contribution is 2.47. The Morgan fingerprint density at radius 2 is 0.840 bits per heavy atom. The number of fused-ring (bicyclic) bond motifs is 10. The fraction of sp³-hybridized carbons (Fsp3) is 0. The highest BCUT2D eigenvalue weighted by Gasteiger charge is 2.18. The maximum absolute atomic E-state index is 2.41. The Bertz CT molecular complexity index is 3100. The van der Waals surface area contributed by atoms with Crippen LogP contribution in [0.4, 0.5) is 0 Å². The van der Waals surface area contributed by atoms with Gasteiger partial charge in [-0.15, -0.1) is 22.7 Å². The second-order valence-corrected chi connectivity index (χ2v) is 15.3. The minimum atomic E-state index is 1.23. The molecule has 2 heterocycles. The van der Waals surface area contributed by atoms with E-state index in [1.54, 1.807) is 0 Å². The van der Waals surface area contributed by atoms with Crippen molar-refractivity contribution in [3.8, 4) is 33.4 Å². The van der Waals surface area contributed by atoms with Gasteiger partial charge in [0.15, 0.2) is 0 Å². The van der Waals surface area contributed by atoms with Gasteiger partial charge in [0, 0.05) is 40.3 Å². The Morgan fingerprint density at radius 1 is 0.280 bits per heavy atom. The molecule has 0 bridgehead atoms. The van der Waals surface area contributed by atoms with Crippen molar-refractivity contribution in [2.75, 3.05) is 0 Å². The van der Waals surface area contributed by atoms with E-state index in [1.165, 1.54) is 106 Å². The van der Waals surface area contributed by atoms with Gasteiger partial charge in [-0.05, 0) is 102 Å². The smallest absolute Gasteiger partial charge is 0.0448 e. The van der Waals surface area contributed by atoms with Crippen molar-refractivity contribution < 1.29 is 0 Å². The molecule has 0 aliphatic heterocycles. The Balaban J connectivity index is 1.11. The van der Waals surface area contributed by atoms with E-state index in [1.807, 2.05) is 22.7 Å². The van der Waals surface area contributed by atoms with Crippen LogP contribution >= 0.6 is 22.7 Å². The summed E-state index contributed by atoms with van der Waals surface area (Å²) in [5.41, 5.74) is 7.55. The largest absolute Gasteiger partial charge is 0.135 e. The summed E-state index contributed by atoms with van der Waals surface area (Å²) >= 11 is 3.82. The lowest BCUT2D eigenvalue weighted by Crippen LogP contribution is -1.91. The maximum Gasteiger partial charge on any atom is 0.0448 e. The van der Waals surface area contributed by atoms with Gasteiger partial charge >= 0.3 is 0 Å². The molecule has 232 valence electrons. The third-order valence-electron chi connectivity index (χ3n) is 10.4. The van der Waals surface area contributed by atoms with E-state index < -0.39 is 0 Å². The molecule has 2 heteroatoms. The monoisotopic (exact) mass is 668 g/mol. The van der Waals surface area contributed by atoms with Crippen molar-refractivity contribution in [3.63, 3.8) is 0 Å². The van der Waals surface area contributed by atoms with Gasteiger partial charge < -0.3 is 0 Å². The topological polar surface area (TPSA) is 0 Å². The van der Waals surface area contributed by atoms with E-state index >= 15 is 0 Å². The highest BCUT2D eigenvalue weighted by molar-refractivity contribution is 7.29. The van der Waals surface area contributed by atoms with Crippen LogP contribution in [0.25, 0.3) is 106 Å². The summed E-state index contributed by atoms with van der Waals surface area (Å²) < 4.78 is 5.45.